The van der Waals surface area contributed by atoms with Crippen molar-refractivity contribution in [2.45, 2.75) is 19.3 Å². The minimum Gasteiger partial charge on any atom is -0.295 e. The summed E-state index contributed by atoms with van der Waals surface area (Å²) >= 11 is 0. The number of hydrogen-bond donors (Lipinski definition) is 0. The predicted molar refractivity (Wildman–Crippen MR) is 218 cm³/mol. The molecule has 5 heteroatoms. The topological polar surface area (TPSA) is 52.7 Å². The van der Waals surface area contributed by atoms with Gasteiger partial charge < -0.3 is 0 Å². The zero-order chi connectivity index (χ0) is 36.0. The first-order chi connectivity index (χ1) is 25.8. The lowest BCUT2D eigenvalue weighted by Crippen LogP contribution is -2.19. The molecule has 0 radical (unpaired) electrons. The van der Waals surface area contributed by atoms with Crippen LogP contribution in [0.3, 0.4) is 0 Å². The summed E-state index contributed by atoms with van der Waals surface area (Å²) in [4.78, 5) is 23.0. The average molecular weight is 685 g/mol. The van der Waals surface area contributed by atoms with Crippen LogP contribution in [0.2, 0.25) is 0 Å². The van der Waals surface area contributed by atoms with Gasteiger partial charge in [0, 0.05) is 36.2 Å². The Balaban J connectivity index is 1.14. The number of aryl methyl sites for hydroxylation is 2. The van der Waals surface area contributed by atoms with Crippen molar-refractivity contribution in [2.75, 3.05) is 0 Å². The zero-order valence-corrected chi connectivity index (χ0v) is 30.1. The van der Waals surface area contributed by atoms with Gasteiger partial charge in [-0.1, -0.05) is 129 Å². The van der Waals surface area contributed by atoms with Gasteiger partial charge in [0.1, 0.15) is 0 Å². The molecule has 1 aliphatic rings. The van der Waals surface area contributed by atoms with Crippen molar-refractivity contribution in [2.24, 2.45) is 14.1 Å². The molecular formula is C48H36N4O. The number of benzene rings is 7. The normalized spacial score (nSPS) is 13.1. The van der Waals surface area contributed by atoms with Crippen molar-refractivity contribution < 1.29 is 0 Å². The van der Waals surface area contributed by atoms with Gasteiger partial charge in [-0.2, -0.15) is 0 Å². The Morgan fingerprint density at radius 1 is 0.491 bits per heavy atom. The molecule has 5 nitrogen and oxygen atoms in total. The van der Waals surface area contributed by atoms with E-state index in [9.17, 15) is 4.79 Å². The summed E-state index contributed by atoms with van der Waals surface area (Å²) in [5.41, 5.74) is 13.7. The van der Waals surface area contributed by atoms with Gasteiger partial charge in [0.2, 0.25) is 0 Å². The maximum Gasteiger partial charge on any atom is 0.328 e. The van der Waals surface area contributed by atoms with Crippen molar-refractivity contribution in [3.8, 4) is 56.2 Å². The third-order valence-corrected chi connectivity index (χ3v) is 11.3. The molecule has 1 aliphatic carbocycles. The predicted octanol–water partition coefficient (Wildman–Crippen LogP) is 10.9. The van der Waals surface area contributed by atoms with E-state index in [0.29, 0.717) is 5.82 Å². The van der Waals surface area contributed by atoms with E-state index in [4.69, 9.17) is 9.97 Å². The van der Waals surface area contributed by atoms with Gasteiger partial charge in [0.15, 0.2) is 5.82 Å². The summed E-state index contributed by atoms with van der Waals surface area (Å²) in [6.07, 6.45) is 0. The van der Waals surface area contributed by atoms with Crippen LogP contribution in [0.5, 0.6) is 0 Å². The zero-order valence-electron chi connectivity index (χ0n) is 30.1. The minimum absolute atomic E-state index is 0.0339. The van der Waals surface area contributed by atoms with Crippen LogP contribution in [-0.4, -0.2) is 19.1 Å². The summed E-state index contributed by atoms with van der Waals surface area (Å²) in [7, 11) is 3.63. The largest absolute Gasteiger partial charge is 0.328 e. The molecule has 0 spiro atoms. The van der Waals surface area contributed by atoms with Gasteiger partial charge in [-0.15, -0.1) is 0 Å². The van der Waals surface area contributed by atoms with Crippen LogP contribution in [0.15, 0.2) is 150 Å². The van der Waals surface area contributed by atoms with Gasteiger partial charge in [0.05, 0.1) is 22.4 Å². The molecular weight excluding hydrogens is 649 g/mol. The summed E-state index contributed by atoms with van der Waals surface area (Å²) < 4.78 is 3.39. The first-order valence-corrected chi connectivity index (χ1v) is 18.1. The van der Waals surface area contributed by atoms with Crippen LogP contribution < -0.4 is 5.69 Å². The molecule has 254 valence electrons. The van der Waals surface area contributed by atoms with Gasteiger partial charge in [-0.25, -0.2) is 14.8 Å². The molecule has 10 rings (SSSR count). The van der Waals surface area contributed by atoms with E-state index in [2.05, 4.69) is 135 Å². The van der Waals surface area contributed by atoms with Crippen molar-refractivity contribution in [1.82, 2.24) is 19.1 Å². The highest BCUT2D eigenvalue weighted by Gasteiger charge is 2.38. The molecule has 0 aliphatic heterocycles. The van der Waals surface area contributed by atoms with Crippen LogP contribution >= 0.6 is 0 Å². The Bertz CT molecular complexity index is 3020. The maximum atomic E-state index is 12.6. The molecule has 0 unspecified atom stereocenters. The molecule has 2 heterocycles. The lowest BCUT2D eigenvalue weighted by atomic mass is 9.79. The Morgan fingerprint density at radius 3 is 1.81 bits per heavy atom. The number of imidazole rings is 1. The highest BCUT2D eigenvalue weighted by molar-refractivity contribution is 6.18. The lowest BCUT2D eigenvalue weighted by molar-refractivity contribution is 0.667. The maximum absolute atomic E-state index is 12.6. The molecule has 7 aromatic carbocycles. The van der Waals surface area contributed by atoms with Gasteiger partial charge >= 0.3 is 5.69 Å². The monoisotopic (exact) mass is 684 g/mol. The first-order valence-electron chi connectivity index (χ1n) is 18.1. The number of aromatic nitrogens is 4. The minimum atomic E-state index is -0.222. The Kier molecular flexibility index (Phi) is 6.74. The van der Waals surface area contributed by atoms with Crippen molar-refractivity contribution >= 4 is 32.6 Å². The smallest absolute Gasteiger partial charge is 0.295 e. The van der Waals surface area contributed by atoms with Crippen LogP contribution in [0.25, 0.3) is 88.7 Å². The molecule has 0 bridgehead atoms. The van der Waals surface area contributed by atoms with E-state index < -0.39 is 0 Å². The quantitative estimate of drug-likeness (QED) is 0.173. The molecule has 0 atom stereocenters. The van der Waals surface area contributed by atoms with Crippen LogP contribution in [0.4, 0.5) is 0 Å². The highest BCUT2D eigenvalue weighted by atomic mass is 16.1. The second-order valence-corrected chi connectivity index (χ2v) is 14.7. The van der Waals surface area contributed by atoms with E-state index in [1.807, 2.05) is 38.4 Å². The van der Waals surface area contributed by atoms with E-state index in [0.717, 1.165) is 50.2 Å². The number of hydrogen-bond acceptors (Lipinski definition) is 3. The summed E-state index contributed by atoms with van der Waals surface area (Å²) in [6, 6.07) is 51.6. The van der Waals surface area contributed by atoms with Crippen LogP contribution in [-0.2, 0) is 19.5 Å². The van der Waals surface area contributed by atoms with Crippen LogP contribution in [0.1, 0.15) is 25.0 Å². The number of fused-ring (bicyclic) bond motifs is 9. The molecule has 0 saturated heterocycles. The second-order valence-electron chi connectivity index (χ2n) is 14.7. The van der Waals surface area contributed by atoms with Crippen molar-refractivity contribution in [1.29, 1.82) is 0 Å². The van der Waals surface area contributed by atoms with E-state index >= 15 is 0 Å². The van der Waals surface area contributed by atoms with E-state index in [-0.39, 0.29) is 11.1 Å². The fraction of sp³-hybridized carbons (Fsp3) is 0.104. The standard InChI is InChI=1S/C48H36N4O/c1-48(2)39-26-33(21-23-38(39)44-36-19-10-8-17-34(36)35-18-9-11-20-37(35)45(44)48)41-28-40(49-46(50-41)29-13-6-5-7-14-29)32-16-12-15-30(25-32)31-22-24-42-43(27-31)52(4)47(53)51(42)3/h5-28H,1-4H3. The Morgan fingerprint density at radius 2 is 1.06 bits per heavy atom. The fourth-order valence-corrected chi connectivity index (χ4v) is 8.65. The number of rotatable bonds is 4. The first kappa shape index (κ1) is 31.2. The molecule has 0 N–H and O–H groups in total. The van der Waals surface area contributed by atoms with Gasteiger partial charge in [-0.05, 0) is 85.3 Å². The average Bonchev–Trinajstić information content (AvgIpc) is 3.58. The van der Waals surface area contributed by atoms with Gasteiger partial charge in [0.25, 0.3) is 0 Å². The van der Waals surface area contributed by atoms with Crippen molar-refractivity contribution in [3.63, 3.8) is 0 Å². The molecule has 9 aromatic rings. The highest BCUT2D eigenvalue weighted by Crippen LogP contribution is 2.55. The molecule has 2 aromatic heterocycles. The molecule has 53 heavy (non-hydrogen) atoms. The fourth-order valence-electron chi connectivity index (χ4n) is 8.65. The van der Waals surface area contributed by atoms with Crippen molar-refractivity contribution in [3.05, 3.63) is 167 Å². The second kappa shape index (κ2) is 11.5. The summed E-state index contributed by atoms with van der Waals surface area (Å²) in [5.74, 6) is 0.684. The van der Waals surface area contributed by atoms with Gasteiger partial charge in [-0.3, -0.25) is 9.13 Å². The SMILES string of the molecule is Cn1c(=O)n(C)c2cc(-c3cccc(-c4cc(-c5ccc6c(c5)C(C)(C)c5c-6c6ccccc6c6ccccc56)nc(-c5ccccc5)n4)c3)ccc21. The molecule has 0 fully saturated rings. The molecule has 0 saturated carbocycles. The summed E-state index contributed by atoms with van der Waals surface area (Å²) in [6.45, 7) is 4.72. The number of nitrogens with zero attached hydrogens (tertiary/aromatic N) is 4. The Hall–Kier alpha value is -6.59. The summed E-state index contributed by atoms with van der Waals surface area (Å²) in [5, 5.41) is 5.20. The van der Waals surface area contributed by atoms with E-state index in [1.165, 1.54) is 43.8 Å². The third kappa shape index (κ3) is 4.67. The Labute approximate surface area is 307 Å². The van der Waals surface area contributed by atoms with E-state index in [1.54, 1.807) is 9.13 Å². The lowest BCUT2D eigenvalue weighted by Gasteiger charge is -2.24. The van der Waals surface area contributed by atoms with Crippen LogP contribution in [0, 0.1) is 0 Å². The third-order valence-electron chi connectivity index (χ3n) is 11.3. The molecule has 0 amide bonds.